The average Bonchev–Trinajstić information content (AvgIpc) is 3.89. The summed E-state index contributed by atoms with van der Waals surface area (Å²) in [6.07, 6.45) is 13.9. The molecule has 4 heterocycles. The first-order chi connectivity index (χ1) is 32.9. The quantitative estimate of drug-likeness (QED) is 0.114. The van der Waals surface area contributed by atoms with Gasteiger partial charge in [-0.05, 0) is 140 Å². The molecular formula is C62H60BN3O. The molecule has 9 aromatic rings. The van der Waals surface area contributed by atoms with Crippen molar-refractivity contribution in [3.05, 3.63) is 173 Å². The van der Waals surface area contributed by atoms with Gasteiger partial charge in [0.2, 0.25) is 0 Å². The molecule has 3 aliphatic rings. The van der Waals surface area contributed by atoms with Crippen LogP contribution >= 0.6 is 0 Å². The number of fused-ring (bicyclic) bond motifs is 11. The van der Waals surface area contributed by atoms with Gasteiger partial charge in [0, 0.05) is 51.2 Å². The lowest BCUT2D eigenvalue weighted by molar-refractivity contribution is 0.495. The highest BCUT2D eigenvalue weighted by atomic mass is 16.3. The second-order valence-electron chi connectivity index (χ2n) is 19.7. The average molecular weight is 874 g/mol. The topological polar surface area (TPSA) is 24.6 Å². The number of unbranched alkanes of at least 4 members (excludes halogenated alkanes) is 3. The molecule has 12 rings (SSSR count). The van der Waals surface area contributed by atoms with Crippen molar-refractivity contribution in [1.29, 1.82) is 0 Å². The van der Waals surface area contributed by atoms with E-state index < -0.39 is 0 Å². The van der Waals surface area contributed by atoms with Crippen LogP contribution in [-0.2, 0) is 19.3 Å². The van der Waals surface area contributed by atoms with Gasteiger partial charge in [-0.1, -0.05) is 143 Å². The Morgan fingerprint density at radius 1 is 0.582 bits per heavy atom. The zero-order valence-electron chi connectivity index (χ0n) is 39.8. The van der Waals surface area contributed by atoms with Gasteiger partial charge >= 0.3 is 0 Å². The summed E-state index contributed by atoms with van der Waals surface area (Å²) in [6, 6.07) is 53.7. The Hall–Kier alpha value is -6.72. The molecule has 0 spiro atoms. The molecule has 1 atom stereocenters. The number of nitrogens with zero attached hydrogens (tertiary/aromatic N) is 3. The molecule has 0 fully saturated rings. The number of furan rings is 1. The SMILES string of the molecule is CCCCC1=Cc2c(oc3ccc4c(c23)N(c2ccc(CCCC)cc2)c2cc(-n3c5ccccc5c5ccccc53)cc3c2B4c2cc(C)ccc2N3c2ccc(CCCC)cc2)CC1C. The zero-order valence-corrected chi connectivity index (χ0v) is 39.8. The fraction of sp³-hybridized carbons (Fsp3) is 0.258. The van der Waals surface area contributed by atoms with Crippen LogP contribution in [0.2, 0.25) is 0 Å². The maximum absolute atomic E-state index is 7.01. The summed E-state index contributed by atoms with van der Waals surface area (Å²) >= 11 is 0. The number of aromatic nitrogens is 1. The Bertz CT molecular complexity index is 3330. The minimum absolute atomic E-state index is 0.0109. The van der Waals surface area contributed by atoms with Gasteiger partial charge in [-0.3, -0.25) is 0 Å². The minimum Gasteiger partial charge on any atom is -0.460 e. The van der Waals surface area contributed by atoms with E-state index in [1.165, 1.54) is 138 Å². The molecular weight excluding hydrogens is 814 g/mol. The van der Waals surface area contributed by atoms with Crippen molar-refractivity contribution in [3.8, 4) is 5.69 Å². The molecule has 332 valence electrons. The number of aryl methyl sites for hydroxylation is 3. The van der Waals surface area contributed by atoms with Crippen LogP contribution in [0.15, 0.2) is 150 Å². The van der Waals surface area contributed by atoms with Crippen LogP contribution < -0.4 is 26.2 Å². The Morgan fingerprint density at radius 3 is 1.82 bits per heavy atom. The lowest BCUT2D eigenvalue weighted by atomic mass is 9.33. The molecule has 7 aromatic carbocycles. The molecule has 67 heavy (non-hydrogen) atoms. The minimum atomic E-state index is -0.0109. The Balaban J connectivity index is 1.20. The van der Waals surface area contributed by atoms with Crippen LogP contribution in [0.25, 0.3) is 44.5 Å². The van der Waals surface area contributed by atoms with E-state index in [-0.39, 0.29) is 6.71 Å². The predicted octanol–water partition coefficient (Wildman–Crippen LogP) is 15.4. The molecule has 2 aromatic heterocycles. The standard InChI is InChI=1S/C62H60BN3O/c1-6-9-16-42-24-28-45(29-25-42)64-55-33-23-40(4)35-52(55)63-51-32-34-58-60(50-37-44(18-11-8-3)41(5)36-59(50)67-58)62(51)66(46-30-26-43(27-31-46)17-10-7-2)57-39-47(38-56(64)61(57)63)65-53-21-14-12-19-48(53)49-20-13-15-22-54(49)65/h12-15,19-35,37-39,41H,6-11,16-18,36H2,1-5H3. The molecule has 5 heteroatoms. The van der Waals surface area contributed by atoms with Crippen molar-refractivity contribution in [2.45, 2.75) is 98.8 Å². The predicted molar refractivity (Wildman–Crippen MR) is 287 cm³/mol. The van der Waals surface area contributed by atoms with E-state index in [2.05, 4.69) is 195 Å². The van der Waals surface area contributed by atoms with Crippen LogP contribution in [0.5, 0.6) is 0 Å². The summed E-state index contributed by atoms with van der Waals surface area (Å²) in [5.74, 6) is 1.57. The third kappa shape index (κ3) is 6.79. The monoisotopic (exact) mass is 873 g/mol. The van der Waals surface area contributed by atoms with Gasteiger partial charge < -0.3 is 18.8 Å². The smallest absolute Gasteiger partial charge is 0.252 e. The third-order valence-electron chi connectivity index (χ3n) is 15.3. The lowest BCUT2D eigenvalue weighted by Crippen LogP contribution is -2.61. The van der Waals surface area contributed by atoms with Gasteiger partial charge in [0.15, 0.2) is 0 Å². The highest BCUT2D eigenvalue weighted by Gasteiger charge is 2.45. The summed E-state index contributed by atoms with van der Waals surface area (Å²) in [7, 11) is 0. The number of benzene rings is 7. The van der Waals surface area contributed by atoms with Gasteiger partial charge in [-0.2, -0.15) is 0 Å². The maximum atomic E-state index is 7.01. The highest BCUT2D eigenvalue weighted by Crippen LogP contribution is 2.50. The summed E-state index contributed by atoms with van der Waals surface area (Å²) in [5.41, 5.74) is 22.7. The summed E-state index contributed by atoms with van der Waals surface area (Å²) < 4.78 is 9.53. The largest absolute Gasteiger partial charge is 0.460 e. The van der Waals surface area contributed by atoms with Crippen LogP contribution in [0.1, 0.15) is 101 Å². The molecule has 1 unspecified atom stereocenters. The van der Waals surface area contributed by atoms with E-state index in [0.717, 1.165) is 42.7 Å². The van der Waals surface area contributed by atoms with Crippen LogP contribution in [0.3, 0.4) is 0 Å². The van der Waals surface area contributed by atoms with Crippen molar-refractivity contribution < 1.29 is 4.42 Å². The van der Waals surface area contributed by atoms with Crippen LogP contribution in [0, 0.1) is 12.8 Å². The van der Waals surface area contributed by atoms with Crippen LogP contribution in [0.4, 0.5) is 34.1 Å². The summed E-state index contributed by atoms with van der Waals surface area (Å²) in [6.45, 7) is 11.5. The van der Waals surface area contributed by atoms with Gasteiger partial charge in [-0.25, -0.2) is 0 Å². The van der Waals surface area contributed by atoms with Crippen molar-refractivity contribution in [2.24, 2.45) is 5.92 Å². The number of hydrogen-bond donors (Lipinski definition) is 0. The molecule has 0 saturated heterocycles. The second-order valence-corrected chi connectivity index (χ2v) is 19.7. The molecule has 0 saturated carbocycles. The summed E-state index contributed by atoms with van der Waals surface area (Å²) in [4.78, 5) is 5.21. The number of hydrogen-bond acceptors (Lipinski definition) is 3. The maximum Gasteiger partial charge on any atom is 0.252 e. The molecule has 0 N–H and O–H groups in total. The van der Waals surface area contributed by atoms with E-state index in [1.807, 2.05) is 0 Å². The Kier molecular flexibility index (Phi) is 10.5. The van der Waals surface area contributed by atoms with E-state index in [0.29, 0.717) is 5.92 Å². The lowest BCUT2D eigenvalue weighted by Gasteiger charge is -2.45. The van der Waals surface area contributed by atoms with Crippen molar-refractivity contribution in [3.63, 3.8) is 0 Å². The molecule has 0 radical (unpaired) electrons. The number of anilines is 6. The van der Waals surface area contributed by atoms with Crippen molar-refractivity contribution >= 4 is 96.1 Å². The first-order valence-electron chi connectivity index (χ1n) is 25.3. The first-order valence-corrected chi connectivity index (χ1v) is 25.3. The Labute approximate surface area is 396 Å². The van der Waals surface area contributed by atoms with Crippen molar-refractivity contribution in [2.75, 3.05) is 9.80 Å². The first kappa shape index (κ1) is 41.7. The molecule has 2 aliphatic heterocycles. The number of para-hydroxylation sites is 2. The van der Waals surface area contributed by atoms with Gasteiger partial charge in [0.1, 0.15) is 11.3 Å². The molecule has 0 bridgehead atoms. The van der Waals surface area contributed by atoms with Gasteiger partial charge in [0.05, 0.1) is 27.8 Å². The van der Waals surface area contributed by atoms with E-state index >= 15 is 0 Å². The van der Waals surface area contributed by atoms with E-state index in [1.54, 1.807) is 5.57 Å². The highest BCUT2D eigenvalue weighted by molar-refractivity contribution is 7.00. The summed E-state index contributed by atoms with van der Waals surface area (Å²) in [5, 5.41) is 3.76. The van der Waals surface area contributed by atoms with Gasteiger partial charge in [-0.15, -0.1) is 0 Å². The van der Waals surface area contributed by atoms with Crippen LogP contribution in [-0.4, -0.2) is 11.3 Å². The van der Waals surface area contributed by atoms with Gasteiger partial charge in [0.25, 0.3) is 6.71 Å². The molecule has 4 nitrogen and oxygen atoms in total. The second kappa shape index (κ2) is 16.9. The normalized spacial score (nSPS) is 15.0. The molecule has 1 aliphatic carbocycles. The fourth-order valence-electron chi connectivity index (χ4n) is 11.8. The van der Waals surface area contributed by atoms with E-state index in [9.17, 15) is 0 Å². The van der Waals surface area contributed by atoms with E-state index in [4.69, 9.17) is 4.42 Å². The Morgan fingerprint density at radius 2 is 1.18 bits per heavy atom. The zero-order chi connectivity index (χ0) is 45.3. The third-order valence-corrected chi connectivity index (χ3v) is 15.3. The number of allylic oxidation sites excluding steroid dienone is 1. The fourth-order valence-corrected chi connectivity index (χ4v) is 11.8. The number of rotatable bonds is 12. The van der Waals surface area contributed by atoms with Crippen molar-refractivity contribution in [1.82, 2.24) is 4.57 Å². The molecule has 0 amide bonds.